The predicted molar refractivity (Wildman–Crippen MR) is 86.9 cm³/mol. The second-order valence-corrected chi connectivity index (χ2v) is 6.31. The fourth-order valence-electron chi connectivity index (χ4n) is 2.95. The molecule has 0 aliphatic heterocycles. The molecule has 0 saturated heterocycles. The highest BCUT2D eigenvalue weighted by Gasteiger charge is 2.17. The van der Waals surface area contributed by atoms with E-state index in [0.717, 1.165) is 18.3 Å². The van der Waals surface area contributed by atoms with Crippen molar-refractivity contribution in [3.8, 4) is 0 Å². The van der Waals surface area contributed by atoms with Crippen LogP contribution in [0.1, 0.15) is 49.9 Å². The van der Waals surface area contributed by atoms with Crippen LogP contribution in [0.4, 0.5) is 5.82 Å². The molecule has 1 aliphatic carbocycles. The Labute approximate surface area is 130 Å². The van der Waals surface area contributed by atoms with Crippen LogP contribution in [0.5, 0.6) is 0 Å². The molecular formula is C16H23N5O. The molecule has 1 aliphatic rings. The van der Waals surface area contributed by atoms with Gasteiger partial charge in [0.2, 0.25) is 0 Å². The molecule has 0 aromatic carbocycles. The number of aromatic amines is 1. The van der Waals surface area contributed by atoms with Crippen molar-refractivity contribution in [2.75, 3.05) is 11.9 Å². The molecule has 1 amide bonds. The van der Waals surface area contributed by atoms with Gasteiger partial charge in [-0.05, 0) is 32.6 Å². The minimum atomic E-state index is -0.122. The normalized spacial score (nSPS) is 15.6. The predicted octanol–water partition coefficient (Wildman–Crippen LogP) is 2.70. The summed E-state index contributed by atoms with van der Waals surface area (Å²) in [5.41, 5.74) is 1.80. The first-order valence-electron chi connectivity index (χ1n) is 8.02. The lowest BCUT2D eigenvalue weighted by atomic mass is 10.1. The second kappa shape index (κ2) is 6.34. The van der Waals surface area contributed by atoms with Crippen molar-refractivity contribution in [1.82, 2.24) is 20.3 Å². The fourth-order valence-corrected chi connectivity index (χ4v) is 2.95. The van der Waals surface area contributed by atoms with Gasteiger partial charge in [0, 0.05) is 18.8 Å². The zero-order valence-electron chi connectivity index (χ0n) is 13.1. The molecule has 6 nitrogen and oxygen atoms in total. The van der Waals surface area contributed by atoms with Crippen LogP contribution in [0.15, 0.2) is 12.4 Å². The van der Waals surface area contributed by atoms with Crippen LogP contribution >= 0.6 is 0 Å². The molecule has 0 unspecified atom stereocenters. The maximum absolute atomic E-state index is 12.2. The summed E-state index contributed by atoms with van der Waals surface area (Å²) in [6.45, 7) is 4.80. The number of anilines is 1. The third kappa shape index (κ3) is 3.21. The van der Waals surface area contributed by atoms with Gasteiger partial charge < -0.3 is 15.6 Å². The SMILES string of the molecule is CC(C)NC(=O)c1c[nH]c2ncc(NCC3CCCC3)nc12. The molecule has 22 heavy (non-hydrogen) atoms. The number of carbonyl (C=O) groups excluding carboxylic acids is 1. The number of H-pyrrole nitrogens is 1. The van der Waals surface area contributed by atoms with Gasteiger partial charge in [0.15, 0.2) is 5.65 Å². The Bertz CT molecular complexity index is 658. The highest BCUT2D eigenvalue weighted by Crippen LogP contribution is 2.25. The molecule has 118 valence electrons. The van der Waals surface area contributed by atoms with E-state index in [9.17, 15) is 4.79 Å². The van der Waals surface area contributed by atoms with Crippen molar-refractivity contribution in [3.63, 3.8) is 0 Å². The van der Waals surface area contributed by atoms with Gasteiger partial charge in [-0.3, -0.25) is 4.79 Å². The number of amides is 1. The summed E-state index contributed by atoms with van der Waals surface area (Å²) in [5, 5.41) is 6.24. The van der Waals surface area contributed by atoms with Crippen LogP contribution in [-0.4, -0.2) is 33.4 Å². The van der Waals surface area contributed by atoms with Gasteiger partial charge in [-0.25, -0.2) is 9.97 Å². The molecule has 3 rings (SSSR count). The van der Waals surface area contributed by atoms with E-state index in [-0.39, 0.29) is 11.9 Å². The van der Waals surface area contributed by atoms with Crippen molar-refractivity contribution in [3.05, 3.63) is 18.0 Å². The molecule has 0 bridgehead atoms. The topological polar surface area (TPSA) is 82.7 Å². The van der Waals surface area contributed by atoms with Crippen molar-refractivity contribution >= 4 is 22.9 Å². The maximum Gasteiger partial charge on any atom is 0.255 e. The van der Waals surface area contributed by atoms with Gasteiger partial charge >= 0.3 is 0 Å². The molecule has 0 radical (unpaired) electrons. The third-order valence-corrected chi connectivity index (χ3v) is 4.09. The van der Waals surface area contributed by atoms with Crippen molar-refractivity contribution in [1.29, 1.82) is 0 Å². The van der Waals surface area contributed by atoms with E-state index in [1.54, 1.807) is 12.4 Å². The lowest BCUT2D eigenvalue weighted by Gasteiger charge is -2.11. The summed E-state index contributed by atoms with van der Waals surface area (Å²) >= 11 is 0. The van der Waals surface area contributed by atoms with Crippen LogP contribution < -0.4 is 10.6 Å². The molecular weight excluding hydrogens is 278 g/mol. The van der Waals surface area contributed by atoms with Crippen molar-refractivity contribution < 1.29 is 4.79 Å². The van der Waals surface area contributed by atoms with Gasteiger partial charge in [0.05, 0.1) is 11.8 Å². The first-order valence-corrected chi connectivity index (χ1v) is 8.02. The minimum absolute atomic E-state index is 0.0917. The number of hydrogen-bond acceptors (Lipinski definition) is 4. The molecule has 0 atom stereocenters. The highest BCUT2D eigenvalue weighted by atomic mass is 16.1. The lowest BCUT2D eigenvalue weighted by molar-refractivity contribution is 0.0944. The maximum atomic E-state index is 12.2. The van der Waals surface area contributed by atoms with Gasteiger partial charge in [0.1, 0.15) is 11.3 Å². The van der Waals surface area contributed by atoms with E-state index in [2.05, 4.69) is 25.6 Å². The summed E-state index contributed by atoms with van der Waals surface area (Å²) in [6, 6.07) is 0.0917. The lowest BCUT2D eigenvalue weighted by Crippen LogP contribution is -2.30. The summed E-state index contributed by atoms with van der Waals surface area (Å²) in [6.07, 6.45) is 8.62. The number of nitrogens with zero attached hydrogens (tertiary/aromatic N) is 2. The Morgan fingerprint density at radius 3 is 2.91 bits per heavy atom. The number of hydrogen-bond donors (Lipinski definition) is 3. The van der Waals surface area contributed by atoms with E-state index in [4.69, 9.17) is 0 Å². The standard InChI is InChI=1S/C16H23N5O/c1-10(2)20-16(22)12-8-18-15-14(12)21-13(9-19-15)17-7-11-5-3-4-6-11/h8-11H,3-7H2,1-2H3,(H,17,21)(H,18,19)(H,20,22). The van der Waals surface area contributed by atoms with Crippen LogP contribution in [0.25, 0.3) is 11.2 Å². The number of fused-ring (bicyclic) bond motifs is 1. The monoisotopic (exact) mass is 301 g/mol. The fraction of sp³-hybridized carbons (Fsp3) is 0.562. The van der Waals surface area contributed by atoms with Gasteiger partial charge in [-0.15, -0.1) is 0 Å². The van der Waals surface area contributed by atoms with E-state index < -0.39 is 0 Å². The van der Waals surface area contributed by atoms with Crippen LogP contribution in [0.2, 0.25) is 0 Å². The zero-order valence-corrected chi connectivity index (χ0v) is 13.1. The van der Waals surface area contributed by atoms with E-state index >= 15 is 0 Å². The summed E-state index contributed by atoms with van der Waals surface area (Å²) in [5.74, 6) is 1.34. The second-order valence-electron chi connectivity index (χ2n) is 6.31. The Morgan fingerprint density at radius 1 is 1.41 bits per heavy atom. The third-order valence-electron chi connectivity index (χ3n) is 4.09. The first kappa shape index (κ1) is 14.8. The summed E-state index contributed by atoms with van der Waals surface area (Å²) in [4.78, 5) is 24.1. The Hall–Kier alpha value is -2.11. The minimum Gasteiger partial charge on any atom is -0.368 e. The molecule has 3 N–H and O–H groups in total. The smallest absolute Gasteiger partial charge is 0.255 e. The molecule has 2 aromatic heterocycles. The largest absolute Gasteiger partial charge is 0.368 e. The number of carbonyl (C=O) groups is 1. The Kier molecular flexibility index (Phi) is 4.27. The Balaban J connectivity index is 1.77. The zero-order chi connectivity index (χ0) is 15.5. The van der Waals surface area contributed by atoms with E-state index in [0.29, 0.717) is 16.7 Å². The van der Waals surface area contributed by atoms with Gasteiger partial charge in [0.25, 0.3) is 5.91 Å². The van der Waals surface area contributed by atoms with Crippen molar-refractivity contribution in [2.45, 2.75) is 45.6 Å². The van der Waals surface area contributed by atoms with E-state index in [1.165, 1.54) is 25.7 Å². The molecule has 1 fully saturated rings. The molecule has 0 spiro atoms. The van der Waals surface area contributed by atoms with E-state index in [1.807, 2.05) is 13.8 Å². The van der Waals surface area contributed by atoms with Crippen molar-refractivity contribution in [2.24, 2.45) is 5.92 Å². The van der Waals surface area contributed by atoms with Crippen LogP contribution in [0.3, 0.4) is 0 Å². The Morgan fingerprint density at radius 2 is 2.18 bits per heavy atom. The molecule has 1 saturated carbocycles. The number of rotatable bonds is 5. The van der Waals surface area contributed by atoms with Gasteiger partial charge in [-0.2, -0.15) is 0 Å². The molecule has 2 heterocycles. The summed E-state index contributed by atoms with van der Waals surface area (Å²) < 4.78 is 0. The average Bonchev–Trinajstić information content (AvgIpc) is 3.13. The average molecular weight is 301 g/mol. The van der Waals surface area contributed by atoms with Gasteiger partial charge in [-0.1, -0.05) is 12.8 Å². The first-order chi connectivity index (χ1) is 10.6. The molecule has 2 aromatic rings. The number of nitrogens with one attached hydrogen (secondary N) is 3. The summed E-state index contributed by atoms with van der Waals surface area (Å²) in [7, 11) is 0. The van der Waals surface area contributed by atoms with Crippen LogP contribution in [-0.2, 0) is 0 Å². The van der Waals surface area contributed by atoms with Crippen LogP contribution in [0, 0.1) is 5.92 Å². The quantitative estimate of drug-likeness (QED) is 0.793. The molecule has 6 heteroatoms. The highest BCUT2D eigenvalue weighted by molar-refractivity contribution is 6.04. The number of aromatic nitrogens is 3.